The Kier molecular flexibility index (Phi) is 5.02. The second kappa shape index (κ2) is 7.61. The summed E-state index contributed by atoms with van der Waals surface area (Å²) in [6.45, 7) is 3.99. The van der Waals surface area contributed by atoms with Crippen molar-refractivity contribution >= 4 is 22.9 Å². The molecule has 8 nitrogen and oxygen atoms in total. The molecule has 2 aliphatic heterocycles. The zero-order chi connectivity index (χ0) is 19.7. The van der Waals surface area contributed by atoms with E-state index in [4.69, 9.17) is 9.84 Å². The molecule has 28 heavy (non-hydrogen) atoms. The Hall–Kier alpha value is -2.90. The number of fused-ring (bicyclic) bond motifs is 1. The van der Waals surface area contributed by atoms with E-state index in [0.29, 0.717) is 19.6 Å². The van der Waals surface area contributed by atoms with E-state index in [1.165, 1.54) is 4.90 Å². The average Bonchev–Trinajstić information content (AvgIpc) is 3.16. The minimum Gasteiger partial charge on any atom is -0.488 e. The molecular formula is C20H24N4O4. The van der Waals surface area contributed by atoms with Crippen molar-refractivity contribution in [2.75, 3.05) is 26.2 Å². The number of hydrogen-bond acceptors (Lipinski definition) is 5. The van der Waals surface area contributed by atoms with E-state index in [-0.39, 0.29) is 17.9 Å². The van der Waals surface area contributed by atoms with Crippen LogP contribution in [0.2, 0.25) is 0 Å². The van der Waals surface area contributed by atoms with Crippen molar-refractivity contribution in [3.05, 3.63) is 30.2 Å². The van der Waals surface area contributed by atoms with Gasteiger partial charge in [-0.1, -0.05) is 0 Å². The molecule has 8 heteroatoms. The second-order valence-electron chi connectivity index (χ2n) is 7.48. The van der Waals surface area contributed by atoms with Crippen LogP contribution in [0.3, 0.4) is 0 Å². The lowest BCUT2D eigenvalue weighted by molar-refractivity contribution is -0.128. The van der Waals surface area contributed by atoms with Gasteiger partial charge in [-0.15, -0.1) is 0 Å². The SMILES string of the molecule is CC(=O)N1CCC(Oc2ccc3c(C4CCN(C(=O)O)CC4)ncnc3c2)C1. The van der Waals surface area contributed by atoms with Gasteiger partial charge >= 0.3 is 6.09 Å². The fourth-order valence-electron chi connectivity index (χ4n) is 4.10. The van der Waals surface area contributed by atoms with Crippen LogP contribution in [0.5, 0.6) is 5.75 Å². The van der Waals surface area contributed by atoms with Gasteiger partial charge in [0.05, 0.1) is 17.8 Å². The monoisotopic (exact) mass is 384 g/mol. The van der Waals surface area contributed by atoms with Crippen LogP contribution in [0.25, 0.3) is 10.9 Å². The van der Waals surface area contributed by atoms with E-state index in [1.54, 1.807) is 18.2 Å². The molecule has 1 aromatic carbocycles. The van der Waals surface area contributed by atoms with E-state index >= 15 is 0 Å². The number of likely N-dealkylation sites (tertiary alicyclic amines) is 2. The number of nitrogens with zero attached hydrogens (tertiary/aromatic N) is 4. The van der Waals surface area contributed by atoms with Crippen LogP contribution in [0.15, 0.2) is 24.5 Å². The zero-order valence-corrected chi connectivity index (χ0v) is 15.9. The predicted octanol–water partition coefficient (Wildman–Crippen LogP) is 2.49. The van der Waals surface area contributed by atoms with Gasteiger partial charge in [-0.05, 0) is 25.0 Å². The Morgan fingerprint density at radius 3 is 2.54 bits per heavy atom. The number of aromatic nitrogens is 2. The Morgan fingerprint density at radius 1 is 1.11 bits per heavy atom. The number of ether oxygens (including phenoxy) is 1. The maximum atomic E-state index is 11.5. The van der Waals surface area contributed by atoms with E-state index < -0.39 is 6.09 Å². The number of carboxylic acid groups (broad SMARTS) is 1. The molecular weight excluding hydrogens is 360 g/mol. The molecule has 148 valence electrons. The highest BCUT2D eigenvalue weighted by Crippen LogP contribution is 2.32. The maximum absolute atomic E-state index is 11.5. The Morgan fingerprint density at radius 2 is 1.86 bits per heavy atom. The fourth-order valence-corrected chi connectivity index (χ4v) is 4.10. The lowest BCUT2D eigenvalue weighted by Crippen LogP contribution is -2.37. The summed E-state index contributed by atoms with van der Waals surface area (Å²) in [6, 6.07) is 5.84. The summed E-state index contributed by atoms with van der Waals surface area (Å²) in [7, 11) is 0. The number of carbonyl (C=O) groups excluding carboxylic acids is 1. The molecule has 0 radical (unpaired) electrons. The zero-order valence-electron chi connectivity index (χ0n) is 15.9. The van der Waals surface area contributed by atoms with Crippen LogP contribution >= 0.6 is 0 Å². The van der Waals surface area contributed by atoms with Gasteiger partial charge in [-0.3, -0.25) is 4.79 Å². The highest BCUT2D eigenvalue weighted by molar-refractivity contribution is 5.82. The third-order valence-electron chi connectivity index (χ3n) is 5.68. The summed E-state index contributed by atoms with van der Waals surface area (Å²) in [6.07, 6.45) is 3.07. The summed E-state index contributed by atoms with van der Waals surface area (Å²) in [5, 5.41) is 10.1. The van der Waals surface area contributed by atoms with Crippen molar-refractivity contribution in [1.29, 1.82) is 0 Å². The molecule has 1 N–H and O–H groups in total. The van der Waals surface area contributed by atoms with Crippen LogP contribution in [-0.2, 0) is 4.79 Å². The molecule has 2 aromatic rings. The van der Waals surface area contributed by atoms with Gasteiger partial charge in [0, 0.05) is 50.3 Å². The number of benzene rings is 1. The molecule has 2 amide bonds. The number of carbonyl (C=O) groups is 2. The molecule has 0 aliphatic carbocycles. The third kappa shape index (κ3) is 3.72. The number of rotatable bonds is 3. The average molecular weight is 384 g/mol. The van der Waals surface area contributed by atoms with Crippen LogP contribution < -0.4 is 4.74 Å². The van der Waals surface area contributed by atoms with Gasteiger partial charge < -0.3 is 19.6 Å². The highest BCUT2D eigenvalue weighted by Gasteiger charge is 2.27. The Balaban J connectivity index is 1.49. The lowest BCUT2D eigenvalue weighted by atomic mass is 9.91. The minimum atomic E-state index is -0.858. The number of hydrogen-bond donors (Lipinski definition) is 1. The lowest BCUT2D eigenvalue weighted by Gasteiger charge is -2.30. The molecule has 0 saturated carbocycles. The molecule has 4 rings (SSSR count). The van der Waals surface area contributed by atoms with E-state index in [1.807, 2.05) is 18.2 Å². The molecule has 3 heterocycles. The molecule has 2 aliphatic rings. The van der Waals surface area contributed by atoms with Crippen LogP contribution in [0, 0.1) is 0 Å². The second-order valence-corrected chi connectivity index (χ2v) is 7.48. The Labute approximate surface area is 163 Å². The summed E-state index contributed by atoms with van der Waals surface area (Å²) < 4.78 is 6.06. The van der Waals surface area contributed by atoms with Gasteiger partial charge in [0.2, 0.25) is 5.91 Å². The standard InChI is InChI=1S/C20H24N4O4/c1-13(25)24-9-6-16(11-24)28-15-2-3-17-18(10-15)21-12-22-19(17)14-4-7-23(8-5-14)20(26)27/h2-3,10,12,14,16H,4-9,11H2,1H3,(H,26,27). The molecule has 2 fully saturated rings. The first-order valence-electron chi connectivity index (χ1n) is 9.66. The van der Waals surface area contributed by atoms with Gasteiger partial charge in [0.1, 0.15) is 18.2 Å². The topological polar surface area (TPSA) is 95.9 Å². The van der Waals surface area contributed by atoms with E-state index in [2.05, 4.69) is 9.97 Å². The van der Waals surface area contributed by atoms with Crippen molar-refractivity contribution in [3.63, 3.8) is 0 Å². The predicted molar refractivity (Wildman–Crippen MR) is 102 cm³/mol. The van der Waals surface area contributed by atoms with Crippen LogP contribution in [0.1, 0.15) is 37.8 Å². The summed E-state index contributed by atoms with van der Waals surface area (Å²) in [4.78, 5) is 34.7. The fraction of sp³-hybridized carbons (Fsp3) is 0.500. The summed E-state index contributed by atoms with van der Waals surface area (Å²) >= 11 is 0. The van der Waals surface area contributed by atoms with Gasteiger partial charge in [0.15, 0.2) is 0 Å². The van der Waals surface area contributed by atoms with Crippen LogP contribution in [-0.4, -0.2) is 69.2 Å². The van der Waals surface area contributed by atoms with E-state index in [0.717, 1.165) is 48.2 Å². The largest absolute Gasteiger partial charge is 0.488 e. The molecule has 0 bridgehead atoms. The first-order valence-corrected chi connectivity index (χ1v) is 9.66. The third-order valence-corrected chi connectivity index (χ3v) is 5.68. The van der Waals surface area contributed by atoms with Gasteiger partial charge in [-0.2, -0.15) is 0 Å². The minimum absolute atomic E-state index is 0.00278. The number of piperidine rings is 1. The van der Waals surface area contributed by atoms with Crippen molar-refractivity contribution in [3.8, 4) is 5.75 Å². The summed E-state index contributed by atoms with van der Waals surface area (Å²) in [5.41, 5.74) is 1.80. The number of amides is 2. The van der Waals surface area contributed by atoms with Crippen LogP contribution in [0.4, 0.5) is 4.79 Å². The van der Waals surface area contributed by atoms with Crippen molar-refractivity contribution in [2.24, 2.45) is 0 Å². The molecule has 2 saturated heterocycles. The molecule has 1 atom stereocenters. The maximum Gasteiger partial charge on any atom is 0.407 e. The first kappa shape index (κ1) is 18.5. The summed E-state index contributed by atoms with van der Waals surface area (Å²) in [5.74, 6) is 1.05. The quantitative estimate of drug-likeness (QED) is 0.873. The highest BCUT2D eigenvalue weighted by atomic mass is 16.5. The van der Waals surface area contributed by atoms with Gasteiger partial charge in [0.25, 0.3) is 0 Å². The van der Waals surface area contributed by atoms with E-state index in [9.17, 15) is 9.59 Å². The van der Waals surface area contributed by atoms with Gasteiger partial charge in [-0.25, -0.2) is 14.8 Å². The Bertz CT molecular complexity index is 895. The van der Waals surface area contributed by atoms with Crippen molar-refractivity contribution in [1.82, 2.24) is 19.8 Å². The first-order chi connectivity index (χ1) is 13.5. The molecule has 0 spiro atoms. The normalized spacial score (nSPS) is 20.5. The molecule has 1 unspecified atom stereocenters. The molecule has 1 aromatic heterocycles. The van der Waals surface area contributed by atoms with Crippen molar-refractivity contribution in [2.45, 2.75) is 38.2 Å². The van der Waals surface area contributed by atoms with Crippen molar-refractivity contribution < 1.29 is 19.4 Å². The smallest absolute Gasteiger partial charge is 0.407 e.